The van der Waals surface area contributed by atoms with Crippen molar-refractivity contribution in [1.82, 2.24) is 30.6 Å². The molecule has 0 spiro atoms. The lowest BCUT2D eigenvalue weighted by molar-refractivity contribution is -0.141. The van der Waals surface area contributed by atoms with Gasteiger partial charge in [-0.05, 0) is 36.9 Å². The molecule has 0 aliphatic carbocycles. The van der Waals surface area contributed by atoms with Gasteiger partial charge in [0.15, 0.2) is 5.69 Å². The number of aromatic nitrogens is 4. The molecule has 0 fully saturated rings. The van der Waals surface area contributed by atoms with Crippen molar-refractivity contribution < 1.29 is 22.3 Å². The molecule has 178 valence electrons. The predicted molar refractivity (Wildman–Crippen MR) is 119 cm³/mol. The number of likely N-dealkylation sites (N-methyl/N-ethyl adjacent to an activating group) is 1. The first-order valence-corrected chi connectivity index (χ1v) is 10.5. The van der Waals surface area contributed by atoms with E-state index < -0.39 is 11.9 Å². The second kappa shape index (κ2) is 10.1. The van der Waals surface area contributed by atoms with Gasteiger partial charge in [-0.2, -0.15) is 18.3 Å². The Bertz CT molecular complexity index is 1250. The van der Waals surface area contributed by atoms with Crippen molar-refractivity contribution in [3.63, 3.8) is 0 Å². The van der Waals surface area contributed by atoms with Crippen LogP contribution in [0.4, 0.5) is 13.2 Å². The molecule has 8 nitrogen and oxygen atoms in total. The van der Waals surface area contributed by atoms with Crippen LogP contribution in [0.2, 0.25) is 0 Å². The van der Waals surface area contributed by atoms with Crippen LogP contribution >= 0.6 is 0 Å². The highest BCUT2D eigenvalue weighted by atomic mass is 19.4. The van der Waals surface area contributed by atoms with E-state index in [0.717, 1.165) is 24.7 Å². The van der Waals surface area contributed by atoms with Gasteiger partial charge in [0.2, 0.25) is 0 Å². The predicted octanol–water partition coefficient (Wildman–Crippen LogP) is 3.93. The molecule has 0 aliphatic rings. The van der Waals surface area contributed by atoms with Crippen LogP contribution in [0.3, 0.4) is 0 Å². The van der Waals surface area contributed by atoms with Crippen molar-refractivity contribution in [2.75, 3.05) is 27.2 Å². The number of hydrogen-bond acceptors (Lipinski definition) is 7. The van der Waals surface area contributed by atoms with Crippen LogP contribution in [0.5, 0.6) is 5.75 Å². The number of benzene rings is 2. The molecule has 0 radical (unpaired) electrons. The van der Waals surface area contributed by atoms with E-state index in [1.165, 1.54) is 11.8 Å². The standard InChI is InChI=1S/C23H23F3N6O2/c1-27-10-11-28-14-15-6-5-7-16(12-15)32-18(13-20(31-32)23(24,25)26)22-30-29-21(34-22)17-8-3-4-9-19(17)33-2/h3-9,12-13,27-28H,10-11,14H2,1-2H3. The monoisotopic (exact) mass is 472 g/mol. The number of nitrogens with one attached hydrogen (secondary N) is 2. The third-order valence-electron chi connectivity index (χ3n) is 5.02. The van der Waals surface area contributed by atoms with Crippen molar-refractivity contribution in [2.45, 2.75) is 12.7 Å². The minimum absolute atomic E-state index is 0.0289. The lowest BCUT2D eigenvalue weighted by Crippen LogP contribution is -2.24. The first kappa shape index (κ1) is 23.5. The number of hydrogen-bond donors (Lipinski definition) is 2. The van der Waals surface area contributed by atoms with Crippen LogP contribution in [0.1, 0.15) is 11.3 Å². The number of para-hydroxylation sites is 1. The molecule has 2 heterocycles. The Kier molecular flexibility index (Phi) is 6.94. The van der Waals surface area contributed by atoms with Gasteiger partial charge in [0.1, 0.15) is 11.4 Å². The van der Waals surface area contributed by atoms with Gasteiger partial charge in [0.25, 0.3) is 11.8 Å². The zero-order valence-corrected chi connectivity index (χ0v) is 18.6. The number of ether oxygens (including phenoxy) is 1. The van der Waals surface area contributed by atoms with Crippen LogP contribution in [-0.2, 0) is 12.7 Å². The fourth-order valence-corrected chi connectivity index (χ4v) is 3.37. The molecular formula is C23H23F3N6O2. The average Bonchev–Trinajstić information content (AvgIpc) is 3.49. The van der Waals surface area contributed by atoms with E-state index in [1.807, 2.05) is 13.1 Å². The molecule has 0 unspecified atom stereocenters. The summed E-state index contributed by atoms with van der Waals surface area (Å²) in [5.41, 5.74) is 0.832. The molecule has 2 aromatic heterocycles. The van der Waals surface area contributed by atoms with Crippen molar-refractivity contribution in [2.24, 2.45) is 0 Å². The maximum atomic E-state index is 13.5. The van der Waals surface area contributed by atoms with Crippen LogP contribution in [0.15, 0.2) is 59.0 Å². The van der Waals surface area contributed by atoms with E-state index in [2.05, 4.69) is 25.9 Å². The molecule has 0 amide bonds. The maximum absolute atomic E-state index is 13.5. The molecule has 2 aromatic carbocycles. The lowest BCUT2D eigenvalue weighted by atomic mass is 10.2. The number of nitrogens with zero attached hydrogens (tertiary/aromatic N) is 4. The highest BCUT2D eigenvalue weighted by Gasteiger charge is 2.36. The van der Waals surface area contributed by atoms with E-state index in [-0.39, 0.29) is 17.5 Å². The minimum atomic E-state index is -4.64. The molecule has 2 N–H and O–H groups in total. The van der Waals surface area contributed by atoms with Crippen LogP contribution in [0, 0.1) is 0 Å². The SMILES string of the molecule is CNCCNCc1cccc(-n2nc(C(F)(F)F)cc2-c2nnc(-c3ccccc3OC)o2)c1. The fraction of sp³-hybridized carbons (Fsp3) is 0.261. The van der Waals surface area contributed by atoms with E-state index in [9.17, 15) is 13.2 Å². The number of rotatable bonds is 9. The Hall–Kier alpha value is -3.70. The first-order valence-electron chi connectivity index (χ1n) is 10.5. The van der Waals surface area contributed by atoms with Gasteiger partial charge in [0, 0.05) is 25.7 Å². The Morgan fingerprint density at radius 1 is 1.00 bits per heavy atom. The quantitative estimate of drug-likeness (QED) is 0.357. The molecule has 0 aliphatic heterocycles. The summed E-state index contributed by atoms with van der Waals surface area (Å²) < 4.78 is 52.8. The van der Waals surface area contributed by atoms with Crippen LogP contribution in [0.25, 0.3) is 28.7 Å². The molecule has 4 aromatic rings. The second-order valence-electron chi connectivity index (χ2n) is 7.39. The third kappa shape index (κ3) is 5.10. The molecule has 0 atom stereocenters. The summed E-state index contributed by atoms with van der Waals surface area (Å²) in [4.78, 5) is 0. The van der Waals surface area contributed by atoms with Crippen molar-refractivity contribution in [3.05, 3.63) is 65.9 Å². The Morgan fingerprint density at radius 2 is 1.79 bits per heavy atom. The Labute approximate surface area is 193 Å². The molecular weight excluding hydrogens is 449 g/mol. The molecule has 34 heavy (non-hydrogen) atoms. The third-order valence-corrected chi connectivity index (χ3v) is 5.02. The topological polar surface area (TPSA) is 90.0 Å². The molecule has 0 bridgehead atoms. The number of methoxy groups -OCH3 is 1. The summed E-state index contributed by atoms with van der Waals surface area (Å²) in [7, 11) is 3.36. The van der Waals surface area contributed by atoms with Crippen LogP contribution < -0.4 is 15.4 Å². The Balaban J connectivity index is 1.72. The Morgan fingerprint density at radius 3 is 2.56 bits per heavy atom. The van der Waals surface area contributed by atoms with E-state index in [1.54, 1.807) is 42.5 Å². The zero-order valence-electron chi connectivity index (χ0n) is 18.6. The molecule has 0 saturated carbocycles. The zero-order chi connectivity index (χ0) is 24.1. The van der Waals surface area contributed by atoms with Crippen molar-refractivity contribution >= 4 is 0 Å². The molecule has 11 heteroatoms. The summed E-state index contributed by atoms with van der Waals surface area (Å²) >= 11 is 0. The molecule has 0 saturated heterocycles. The van der Waals surface area contributed by atoms with Gasteiger partial charge in [-0.15, -0.1) is 10.2 Å². The van der Waals surface area contributed by atoms with Gasteiger partial charge in [-0.25, -0.2) is 4.68 Å². The van der Waals surface area contributed by atoms with E-state index in [0.29, 0.717) is 23.5 Å². The lowest BCUT2D eigenvalue weighted by Gasteiger charge is -2.09. The summed E-state index contributed by atoms with van der Waals surface area (Å²) in [5, 5.41) is 18.1. The van der Waals surface area contributed by atoms with Crippen LogP contribution in [-0.4, -0.2) is 47.2 Å². The normalized spacial score (nSPS) is 11.7. The minimum Gasteiger partial charge on any atom is -0.496 e. The summed E-state index contributed by atoms with van der Waals surface area (Å²) in [6.07, 6.45) is -4.64. The number of alkyl halides is 3. The summed E-state index contributed by atoms with van der Waals surface area (Å²) in [6.45, 7) is 2.10. The highest BCUT2D eigenvalue weighted by Crippen LogP contribution is 2.35. The van der Waals surface area contributed by atoms with E-state index in [4.69, 9.17) is 9.15 Å². The van der Waals surface area contributed by atoms with Gasteiger partial charge >= 0.3 is 6.18 Å². The van der Waals surface area contributed by atoms with Gasteiger partial charge in [-0.3, -0.25) is 0 Å². The maximum Gasteiger partial charge on any atom is 0.435 e. The highest BCUT2D eigenvalue weighted by molar-refractivity contribution is 5.64. The average molecular weight is 472 g/mol. The summed E-state index contributed by atoms with van der Waals surface area (Å²) in [6, 6.07) is 15.0. The first-order chi connectivity index (χ1) is 16.4. The van der Waals surface area contributed by atoms with Gasteiger partial charge < -0.3 is 19.8 Å². The van der Waals surface area contributed by atoms with Gasteiger partial charge in [0.05, 0.1) is 18.4 Å². The summed E-state index contributed by atoms with van der Waals surface area (Å²) in [5.74, 6) is 0.526. The van der Waals surface area contributed by atoms with Crippen molar-refractivity contribution in [3.8, 4) is 34.5 Å². The fourth-order valence-electron chi connectivity index (χ4n) is 3.37. The van der Waals surface area contributed by atoms with Gasteiger partial charge in [-0.1, -0.05) is 24.3 Å². The smallest absolute Gasteiger partial charge is 0.435 e. The van der Waals surface area contributed by atoms with Crippen molar-refractivity contribution in [1.29, 1.82) is 0 Å². The number of halogens is 3. The molecule has 4 rings (SSSR count). The van der Waals surface area contributed by atoms with E-state index >= 15 is 0 Å². The second-order valence-corrected chi connectivity index (χ2v) is 7.39. The largest absolute Gasteiger partial charge is 0.496 e.